The molecule has 98 valence electrons. The third kappa shape index (κ3) is 3.45. The SMILES string of the molecule is Cc1cc(Br)cc(C=O)c1OCc1ccccc1Br. The zero-order valence-corrected chi connectivity index (χ0v) is 13.5. The second-order valence-corrected chi connectivity index (χ2v) is 5.91. The van der Waals surface area contributed by atoms with Crippen molar-refractivity contribution in [2.24, 2.45) is 0 Å². The van der Waals surface area contributed by atoms with E-state index in [9.17, 15) is 4.79 Å². The first-order valence-corrected chi connectivity index (χ1v) is 7.32. The molecule has 0 saturated carbocycles. The van der Waals surface area contributed by atoms with Gasteiger partial charge in [0.25, 0.3) is 0 Å². The van der Waals surface area contributed by atoms with Crippen molar-refractivity contribution in [2.75, 3.05) is 0 Å². The Bertz CT molecular complexity index is 609. The van der Waals surface area contributed by atoms with Crippen molar-refractivity contribution in [1.29, 1.82) is 0 Å². The minimum Gasteiger partial charge on any atom is -0.488 e. The second kappa shape index (κ2) is 6.35. The molecule has 2 aromatic carbocycles. The molecule has 0 amide bonds. The molecule has 4 heteroatoms. The summed E-state index contributed by atoms with van der Waals surface area (Å²) >= 11 is 6.85. The molecule has 0 aliphatic rings. The normalized spacial score (nSPS) is 10.3. The lowest BCUT2D eigenvalue weighted by atomic mass is 10.1. The Morgan fingerprint density at radius 3 is 2.63 bits per heavy atom. The van der Waals surface area contributed by atoms with Crippen LogP contribution in [-0.2, 0) is 6.61 Å². The molecule has 0 radical (unpaired) electrons. The van der Waals surface area contributed by atoms with E-state index < -0.39 is 0 Å². The van der Waals surface area contributed by atoms with Crippen molar-refractivity contribution in [3.05, 3.63) is 62.0 Å². The van der Waals surface area contributed by atoms with Gasteiger partial charge >= 0.3 is 0 Å². The summed E-state index contributed by atoms with van der Waals surface area (Å²) in [5.41, 5.74) is 2.53. The molecule has 0 fully saturated rings. The van der Waals surface area contributed by atoms with E-state index in [0.29, 0.717) is 17.9 Å². The number of aryl methyl sites for hydroxylation is 1. The van der Waals surface area contributed by atoms with Crippen molar-refractivity contribution in [3.63, 3.8) is 0 Å². The van der Waals surface area contributed by atoms with Gasteiger partial charge in [0, 0.05) is 14.5 Å². The second-order valence-electron chi connectivity index (χ2n) is 4.14. The van der Waals surface area contributed by atoms with Crippen LogP contribution in [0.1, 0.15) is 21.5 Å². The van der Waals surface area contributed by atoms with Gasteiger partial charge in [-0.3, -0.25) is 4.79 Å². The number of benzene rings is 2. The highest BCUT2D eigenvalue weighted by atomic mass is 79.9. The van der Waals surface area contributed by atoms with Crippen LogP contribution in [0.4, 0.5) is 0 Å². The summed E-state index contributed by atoms with van der Waals surface area (Å²) in [6.07, 6.45) is 0.813. The fraction of sp³-hybridized carbons (Fsp3) is 0.133. The number of ether oxygens (including phenoxy) is 1. The number of halogens is 2. The summed E-state index contributed by atoms with van der Waals surface area (Å²) in [4.78, 5) is 11.1. The van der Waals surface area contributed by atoms with Gasteiger partial charge in [-0.15, -0.1) is 0 Å². The van der Waals surface area contributed by atoms with E-state index in [1.54, 1.807) is 6.07 Å². The van der Waals surface area contributed by atoms with Gasteiger partial charge in [-0.05, 0) is 30.7 Å². The third-order valence-corrected chi connectivity index (χ3v) is 3.96. The Morgan fingerprint density at radius 2 is 1.95 bits per heavy atom. The first kappa shape index (κ1) is 14.3. The van der Waals surface area contributed by atoms with E-state index in [4.69, 9.17) is 4.74 Å². The van der Waals surface area contributed by atoms with Gasteiger partial charge in [0.2, 0.25) is 0 Å². The molecule has 2 rings (SSSR count). The smallest absolute Gasteiger partial charge is 0.153 e. The van der Waals surface area contributed by atoms with E-state index in [2.05, 4.69) is 31.9 Å². The van der Waals surface area contributed by atoms with Crippen LogP contribution in [0.5, 0.6) is 5.75 Å². The summed E-state index contributed by atoms with van der Waals surface area (Å²) in [5.74, 6) is 0.633. The highest BCUT2D eigenvalue weighted by Gasteiger charge is 2.09. The first-order chi connectivity index (χ1) is 9.11. The molecule has 2 aromatic rings. The molecule has 19 heavy (non-hydrogen) atoms. The average molecular weight is 384 g/mol. The van der Waals surface area contributed by atoms with Crippen molar-refractivity contribution in [3.8, 4) is 5.75 Å². The Balaban J connectivity index is 2.25. The molecule has 0 unspecified atom stereocenters. The summed E-state index contributed by atoms with van der Waals surface area (Å²) in [6, 6.07) is 11.6. The van der Waals surface area contributed by atoms with Crippen LogP contribution in [0.15, 0.2) is 45.3 Å². The minimum atomic E-state index is 0.421. The number of carbonyl (C=O) groups excluding carboxylic acids is 1. The number of aldehydes is 1. The lowest BCUT2D eigenvalue weighted by Crippen LogP contribution is -2.01. The molecule has 0 saturated heterocycles. The van der Waals surface area contributed by atoms with Crippen LogP contribution in [0.3, 0.4) is 0 Å². The molecular formula is C15H12Br2O2. The zero-order valence-electron chi connectivity index (χ0n) is 10.3. The van der Waals surface area contributed by atoms with Crippen LogP contribution < -0.4 is 4.74 Å². The molecule has 2 nitrogen and oxygen atoms in total. The van der Waals surface area contributed by atoms with E-state index in [1.165, 1.54) is 0 Å². The molecule has 0 aromatic heterocycles. The van der Waals surface area contributed by atoms with E-state index in [0.717, 1.165) is 26.4 Å². The maximum absolute atomic E-state index is 11.1. The molecule has 0 aliphatic heterocycles. The van der Waals surface area contributed by atoms with Gasteiger partial charge in [-0.2, -0.15) is 0 Å². The van der Waals surface area contributed by atoms with Gasteiger partial charge in [-0.1, -0.05) is 50.1 Å². The van der Waals surface area contributed by atoms with Gasteiger partial charge in [-0.25, -0.2) is 0 Å². The zero-order chi connectivity index (χ0) is 13.8. The highest BCUT2D eigenvalue weighted by molar-refractivity contribution is 9.10. The van der Waals surface area contributed by atoms with Crippen LogP contribution in [-0.4, -0.2) is 6.29 Å². The molecule has 0 spiro atoms. The lowest BCUT2D eigenvalue weighted by Gasteiger charge is -2.13. The van der Waals surface area contributed by atoms with Crippen molar-refractivity contribution in [1.82, 2.24) is 0 Å². The van der Waals surface area contributed by atoms with Crippen LogP contribution in [0, 0.1) is 6.92 Å². The van der Waals surface area contributed by atoms with E-state index in [1.807, 2.05) is 37.3 Å². The molecule has 0 heterocycles. The van der Waals surface area contributed by atoms with Crippen molar-refractivity contribution in [2.45, 2.75) is 13.5 Å². The van der Waals surface area contributed by atoms with Crippen molar-refractivity contribution < 1.29 is 9.53 Å². The molecular weight excluding hydrogens is 372 g/mol. The Labute approximate surface area is 129 Å². The standard InChI is InChI=1S/C15H12Br2O2/c1-10-6-13(16)7-12(8-18)15(10)19-9-11-4-2-3-5-14(11)17/h2-8H,9H2,1H3. The Hall–Kier alpha value is -1.13. The first-order valence-electron chi connectivity index (χ1n) is 5.73. The molecule has 0 N–H and O–H groups in total. The van der Waals surface area contributed by atoms with E-state index >= 15 is 0 Å². The van der Waals surface area contributed by atoms with Gasteiger partial charge in [0.1, 0.15) is 12.4 Å². The quantitative estimate of drug-likeness (QED) is 0.701. The Morgan fingerprint density at radius 1 is 1.21 bits per heavy atom. The topological polar surface area (TPSA) is 26.3 Å². The number of rotatable bonds is 4. The molecule has 0 atom stereocenters. The highest BCUT2D eigenvalue weighted by Crippen LogP contribution is 2.28. The van der Waals surface area contributed by atoms with Crippen LogP contribution in [0.25, 0.3) is 0 Å². The van der Waals surface area contributed by atoms with Crippen LogP contribution in [0.2, 0.25) is 0 Å². The monoisotopic (exact) mass is 382 g/mol. The summed E-state index contributed by atoms with van der Waals surface area (Å²) in [7, 11) is 0. The van der Waals surface area contributed by atoms with Gasteiger partial charge in [0.05, 0.1) is 5.56 Å². The predicted molar refractivity (Wildman–Crippen MR) is 82.7 cm³/mol. The van der Waals surface area contributed by atoms with Gasteiger partial charge in [0.15, 0.2) is 6.29 Å². The molecule has 0 aliphatic carbocycles. The fourth-order valence-corrected chi connectivity index (χ4v) is 2.80. The largest absolute Gasteiger partial charge is 0.488 e. The number of carbonyl (C=O) groups is 1. The number of hydrogen-bond donors (Lipinski definition) is 0. The lowest BCUT2D eigenvalue weighted by molar-refractivity contribution is 0.111. The average Bonchev–Trinajstić information content (AvgIpc) is 2.38. The minimum absolute atomic E-state index is 0.421. The third-order valence-electron chi connectivity index (χ3n) is 2.72. The van der Waals surface area contributed by atoms with E-state index in [-0.39, 0.29) is 0 Å². The summed E-state index contributed by atoms with van der Waals surface area (Å²) in [5, 5.41) is 0. The predicted octanol–water partition coefficient (Wildman–Crippen LogP) is 4.91. The molecule has 0 bridgehead atoms. The number of hydrogen-bond acceptors (Lipinski definition) is 2. The Kier molecular flexibility index (Phi) is 4.77. The summed E-state index contributed by atoms with van der Waals surface area (Å²) in [6.45, 7) is 2.35. The summed E-state index contributed by atoms with van der Waals surface area (Å²) < 4.78 is 7.67. The maximum Gasteiger partial charge on any atom is 0.153 e. The van der Waals surface area contributed by atoms with Crippen molar-refractivity contribution >= 4 is 38.1 Å². The van der Waals surface area contributed by atoms with Crippen LogP contribution >= 0.6 is 31.9 Å². The fourth-order valence-electron chi connectivity index (χ4n) is 1.81. The van der Waals surface area contributed by atoms with Gasteiger partial charge < -0.3 is 4.74 Å². The maximum atomic E-state index is 11.1.